The van der Waals surface area contributed by atoms with Crippen molar-refractivity contribution in [3.8, 4) is 11.3 Å². The normalized spacial score (nSPS) is 13.4. The van der Waals surface area contributed by atoms with Gasteiger partial charge in [-0.25, -0.2) is 14.3 Å². The third-order valence-corrected chi connectivity index (χ3v) is 5.35. The van der Waals surface area contributed by atoms with Crippen molar-refractivity contribution in [2.75, 3.05) is 7.11 Å². The molecule has 3 heterocycles. The smallest absolute Gasteiger partial charge is 0.356 e. The number of rotatable bonds is 5. The highest BCUT2D eigenvalue weighted by molar-refractivity contribution is 6.16. The van der Waals surface area contributed by atoms with Crippen molar-refractivity contribution in [1.29, 1.82) is 0 Å². The van der Waals surface area contributed by atoms with Gasteiger partial charge in [-0.3, -0.25) is 4.79 Å². The Bertz CT molecular complexity index is 1270. The Labute approximate surface area is 173 Å². The monoisotopic (exact) mass is 397 g/mol. The van der Waals surface area contributed by atoms with Crippen molar-refractivity contribution < 1.29 is 14.3 Å². The molecule has 5 rings (SSSR count). The minimum absolute atomic E-state index is 0.0945. The van der Waals surface area contributed by atoms with Crippen LogP contribution in [-0.2, 0) is 4.74 Å². The van der Waals surface area contributed by atoms with Gasteiger partial charge in [-0.05, 0) is 42.5 Å². The van der Waals surface area contributed by atoms with Gasteiger partial charge < -0.3 is 4.74 Å². The fraction of sp³-hybridized carbons (Fsp3) is 0.167. The Morgan fingerprint density at radius 1 is 0.967 bits per heavy atom. The van der Waals surface area contributed by atoms with Gasteiger partial charge in [0.05, 0.1) is 18.2 Å². The van der Waals surface area contributed by atoms with Crippen molar-refractivity contribution in [3.63, 3.8) is 0 Å². The van der Waals surface area contributed by atoms with Crippen LogP contribution in [0, 0.1) is 0 Å². The fourth-order valence-corrected chi connectivity index (χ4v) is 3.65. The Morgan fingerprint density at radius 3 is 2.47 bits per heavy atom. The molecule has 6 heteroatoms. The molecule has 0 amide bonds. The number of hydrogen-bond acceptors (Lipinski definition) is 5. The van der Waals surface area contributed by atoms with Gasteiger partial charge in [-0.2, -0.15) is 5.10 Å². The summed E-state index contributed by atoms with van der Waals surface area (Å²) in [6.07, 6.45) is 4.39. The number of benzene rings is 1. The van der Waals surface area contributed by atoms with Crippen LogP contribution in [0.3, 0.4) is 0 Å². The summed E-state index contributed by atoms with van der Waals surface area (Å²) < 4.78 is 6.52. The van der Waals surface area contributed by atoms with E-state index in [1.54, 1.807) is 16.6 Å². The largest absolute Gasteiger partial charge is 0.464 e. The molecule has 4 aromatic rings. The third kappa shape index (κ3) is 3.16. The molecule has 0 spiro atoms. The first-order valence-electron chi connectivity index (χ1n) is 9.83. The topological polar surface area (TPSA) is 73.6 Å². The minimum Gasteiger partial charge on any atom is -0.464 e. The molecule has 1 aliphatic carbocycles. The van der Waals surface area contributed by atoms with E-state index in [9.17, 15) is 9.59 Å². The molecule has 0 unspecified atom stereocenters. The number of carbonyl (C=O) groups is 2. The van der Waals surface area contributed by atoms with Crippen LogP contribution in [0.1, 0.15) is 50.9 Å². The predicted octanol–water partition coefficient (Wildman–Crippen LogP) is 4.29. The average Bonchev–Trinajstić information content (AvgIpc) is 3.58. The van der Waals surface area contributed by atoms with Crippen molar-refractivity contribution in [3.05, 3.63) is 89.4 Å². The summed E-state index contributed by atoms with van der Waals surface area (Å²) in [7, 11) is 1.29. The molecule has 1 fully saturated rings. The number of hydrogen-bond donors (Lipinski definition) is 0. The lowest BCUT2D eigenvalue weighted by atomic mass is 10.0. The summed E-state index contributed by atoms with van der Waals surface area (Å²) >= 11 is 0. The summed E-state index contributed by atoms with van der Waals surface area (Å²) in [5.74, 6) is -0.285. The fourth-order valence-electron chi connectivity index (χ4n) is 3.65. The Balaban J connectivity index is 1.68. The van der Waals surface area contributed by atoms with Crippen LogP contribution in [0.2, 0.25) is 0 Å². The maximum atomic E-state index is 13.5. The number of pyridine rings is 2. The first kappa shape index (κ1) is 18.2. The van der Waals surface area contributed by atoms with E-state index in [1.807, 2.05) is 42.6 Å². The quantitative estimate of drug-likeness (QED) is 0.371. The second-order valence-electron chi connectivity index (χ2n) is 7.38. The molecule has 0 saturated heterocycles. The maximum absolute atomic E-state index is 13.5. The number of esters is 1. The maximum Gasteiger partial charge on any atom is 0.356 e. The van der Waals surface area contributed by atoms with Crippen LogP contribution < -0.4 is 0 Å². The number of methoxy groups -OCH3 is 1. The summed E-state index contributed by atoms with van der Waals surface area (Å²) in [5, 5.41) is 4.75. The highest BCUT2D eigenvalue weighted by Gasteiger charge is 2.27. The summed E-state index contributed by atoms with van der Waals surface area (Å²) in [6.45, 7) is 0. The van der Waals surface area contributed by atoms with E-state index in [0.29, 0.717) is 22.7 Å². The molecule has 0 atom stereocenters. The van der Waals surface area contributed by atoms with E-state index in [1.165, 1.54) is 31.6 Å². The number of carbonyl (C=O) groups excluding carboxylic acids is 2. The van der Waals surface area contributed by atoms with Crippen molar-refractivity contribution in [2.45, 2.75) is 18.8 Å². The summed E-state index contributed by atoms with van der Waals surface area (Å²) in [4.78, 5) is 29.6. The zero-order valence-electron chi connectivity index (χ0n) is 16.4. The molecule has 1 saturated carbocycles. The molecule has 0 aliphatic heterocycles. The van der Waals surface area contributed by atoms with Crippen LogP contribution in [0.25, 0.3) is 16.8 Å². The van der Waals surface area contributed by atoms with Crippen molar-refractivity contribution >= 4 is 17.3 Å². The van der Waals surface area contributed by atoms with Crippen LogP contribution in [0.5, 0.6) is 0 Å². The Kier molecular flexibility index (Phi) is 4.39. The standard InChI is InChI=1S/C24H19N3O3/c1-30-24(29)19-9-5-8-18(25-19)23(28)21-20-13-12-17(15-10-11-15)14-27(20)26-22(21)16-6-3-2-4-7-16/h2-9,12-15H,10-11H2,1H3. The SMILES string of the molecule is COC(=O)c1cccc(C(=O)c2c(-c3ccccc3)nn3cc(C4CC4)ccc23)n1. The van der Waals surface area contributed by atoms with E-state index in [-0.39, 0.29) is 17.2 Å². The van der Waals surface area contributed by atoms with Gasteiger partial charge in [0, 0.05) is 11.8 Å². The molecule has 1 aromatic carbocycles. The van der Waals surface area contributed by atoms with Gasteiger partial charge >= 0.3 is 5.97 Å². The van der Waals surface area contributed by atoms with Crippen LogP contribution in [0.15, 0.2) is 66.9 Å². The third-order valence-electron chi connectivity index (χ3n) is 5.35. The number of fused-ring (bicyclic) bond motifs is 1. The second-order valence-corrected chi connectivity index (χ2v) is 7.38. The van der Waals surface area contributed by atoms with Gasteiger partial charge in [-0.15, -0.1) is 0 Å². The first-order valence-corrected chi connectivity index (χ1v) is 9.83. The first-order chi connectivity index (χ1) is 14.7. The molecule has 0 bridgehead atoms. The zero-order valence-corrected chi connectivity index (χ0v) is 16.4. The summed E-state index contributed by atoms with van der Waals surface area (Å²) in [6, 6.07) is 18.4. The van der Waals surface area contributed by atoms with Gasteiger partial charge in [0.2, 0.25) is 5.78 Å². The second kappa shape index (κ2) is 7.22. The highest BCUT2D eigenvalue weighted by Crippen LogP contribution is 2.40. The minimum atomic E-state index is -0.582. The van der Waals surface area contributed by atoms with Crippen molar-refractivity contribution in [1.82, 2.24) is 14.6 Å². The van der Waals surface area contributed by atoms with Crippen LogP contribution >= 0.6 is 0 Å². The van der Waals surface area contributed by atoms with E-state index in [0.717, 1.165) is 5.56 Å². The van der Waals surface area contributed by atoms with E-state index in [2.05, 4.69) is 11.1 Å². The number of ketones is 1. The van der Waals surface area contributed by atoms with Gasteiger partial charge in [0.1, 0.15) is 17.1 Å². The van der Waals surface area contributed by atoms with Crippen molar-refractivity contribution in [2.24, 2.45) is 0 Å². The lowest BCUT2D eigenvalue weighted by Crippen LogP contribution is -2.10. The molecule has 3 aromatic heterocycles. The van der Waals surface area contributed by atoms with Gasteiger partial charge in [0.25, 0.3) is 0 Å². The molecule has 6 nitrogen and oxygen atoms in total. The lowest BCUT2D eigenvalue weighted by molar-refractivity contribution is 0.0594. The number of nitrogens with zero attached hydrogens (tertiary/aromatic N) is 3. The van der Waals surface area contributed by atoms with E-state index < -0.39 is 5.97 Å². The van der Waals surface area contributed by atoms with E-state index in [4.69, 9.17) is 9.84 Å². The summed E-state index contributed by atoms with van der Waals surface area (Å²) in [5.41, 5.74) is 4.13. The molecule has 30 heavy (non-hydrogen) atoms. The van der Waals surface area contributed by atoms with Gasteiger partial charge in [0.15, 0.2) is 0 Å². The lowest BCUT2D eigenvalue weighted by Gasteiger charge is -2.05. The Morgan fingerprint density at radius 2 is 1.73 bits per heavy atom. The number of aromatic nitrogens is 3. The highest BCUT2D eigenvalue weighted by atomic mass is 16.5. The molecular formula is C24H19N3O3. The molecule has 148 valence electrons. The van der Waals surface area contributed by atoms with E-state index >= 15 is 0 Å². The van der Waals surface area contributed by atoms with Crippen LogP contribution in [-0.4, -0.2) is 33.5 Å². The van der Waals surface area contributed by atoms with Gasteiger partial charge in [-0.1, -0.05) is 42.5 Å². The predicted molar refractivity (Wildman–Crippen MR) is 112 cm³/mol. The molecular weight excluding hydrogens is 378 g/mol. The molecule has 1 aliphatic rings. The average molecular weight is 397 g/mol. The zero-order chi connectivity index (χ0) is 20.7. The molecule has 0 N–H and O–H groups in total. The molecule has 0 radical (unpaired) electrons. The van der Waals surface area contributed by atoms with Crippen LogP contribution in [0.4, 0.5) is 0 Å². The number of ether oxygens (including phenoxy) is 1. The Hall–Kier alpha value is -3.80.